The van der Waals surface area contributed by atoms with Gasteiger partial charge in [-0.05, 0) is 25.5 Å². The molecule has 2 aromatic rings. The van der Waals surface area contributed by atoms with E-state index in [1.54, 1.807) is 6.20 Å². The molecule has 0 spiro atoms. The van der Waals surface area contributed by atoms with Crippen LogP contribution >= 0.6 is 0 Å². The van der Waals surface area contributed by atoms with Crippen molar-refractivity contribution in [2.24, 2.45) is 0 Å². The first kappa shape index (κ1) is 10.8. The summed E-state index contributed by atoms with van der Waals surface area (Å²) in [5, 5.41) is 3.42. The van der Waals surface area contributed by atoms with Crippen molar-refractivity contribution in [3.63, 3.8) is 0 Å². The highest BCUT2D eigenvalue weighted by Gasteiger charge is 2.04. The second-order valence-corrected chi connectivity index (χ2v) is 3.88. The Morgan fingerprint density at radius 2 is 2.31 bits per heavy atom. The second kappa shape index (κ2) is 4.90. The van der Waals surface area contributed by atoms with Crippen molar-refractivity contribution in [2.75, 3.05) is 0 Å². The SMILES string of the molecule is Cc1ncc(CNC(C)c2cccnc2)[nH]1. The predicted molar refractivity (Wildman–Crippen MR) is 62.8 cm³/mol. The van der Waals surface area contributed by atoms with E-state index in [1.807, 2.05) is 25.4 Å². The minimum atomic E-state index is 0.289. The van der Waals surface area contributed by atoms with E-state index in [-0.39, 0.29) is 6.04 Å². The number of hydrogen-bond donors (Lipinski definition) is 2. The van der Waals surface area contributed by atoms with Crippen LogP contribution in [-0.4, -0.2) is 15.0 Å². The maximum absolute atomic E-state index is 4.16. The van der Waals surface area contributed by atoms with Gasteiger partial charge in [-0.15, -0.1) is 0 Å². The number of aromatic nitrogens is 3. The van der Waals surface area contributed by atoms with Crippen LogP contribution in [0.15, 0.2) is 30.7 Å². The van der Waals surface area contributed by atoms with E-state index < -0.39 is 0 Å². The van der Waals surface area contributed by atoms with Gasteiger partial charge in [0.15, 0.2) is 0 Å². The molecule has 84 valence electrons. The normalized spacial score (nSPS) is 12.6. The van der Waals surface area contributed by atoms with Crippen molar-refractivity contribution in [1.82, 2.24) is 20.3 Å². The minimum absolute atomic E-state index is 0.289. The van der Waals surface area contributed by atoms with E-state index in [1.165, 1.54) is 5.56 Å². The van der Waals surface area contributed by atoms with Gasteiger partial charge in [0.05, 0.1) is 0 Å². The van der Waals surface area contributed by atoms with Gasteiger partial charge in [-0.25, -0.2) is 4.98 Å². The molecule has 2 heterocycles. The molecule has 1 unspecified atom stereocenters. The standard InChI is InChI=1S/C12H16N4/c1-9(11-4-3-5-13-6-11)14-7-12-8-15-10(2)16-12/h3-6,8-9,14H,7H2,1-2H3,(H,15,16). The molecule has 0 aliphatic heterocycles. The van der Waals surface area contributed by atoms with Crippen LogP contribution in [0.25, 0.3) is 0 Å². The zero-order chi connectivity index (χ0) is 11.4. The molecule has 0 radical (unpaired) electrons. The summed E-state index contributed by atoms with van der Waals surface area (Å²) in [6.07, 6.45) is 5.53. The van der Waals surface area contributed by atoms with Crippen LogP contribution in [0, 0.1) is 6.92 Å². The highest BCUT2D eigenvalue weighted by molar-refractivity contribution is 5.13. The van der Waals surface area contributed by atoms with Crippen LogP contribution in [0.4, 0.5) is 0 Å². The van der Waals surface area contributed by atoms with Crippen LogP contribution in [-0.2, 0) is 6.54 Å². The van der Waals surface area contributed by atoms with E-state index in [0.29, 0.717) is 0 Å². The Bertz CT molecular complexity index is 435. The summed E-state index contributed by atoms with van der Waals surface area (Å²) in [5.41, 5.74) is 2.30. The fourth-order valence-electron chi connectivity index (χ4n) is 1.57. The molecule has 0 saturated carbocycles. The first-order valence-corrected chi connectivity index (χ1v) is 5.39. The third-order valence-corrected chi connectivity index (χ3v) is 2.54. The molecule has 2 aromatic heterocycles. The maximum Gasteiger partial charge on any atom is 0.103 e. The number of imidazole rings is 1. The van der Waals surface area contributed by atoms with Crippen LogP contribution in [0.5, 0.6) is 0 Å². The molecule has 16 heavy (non-hydrogen) atoms. The molecule has 2 N–H and O–H groups in total. The zero-order valence-electron chi connectivity index (χ0n) is 9.57. The lowest BCUT2D eigenvalue weighted by atomic mass is 10.1. The second-order valence-electron chi connectivity index (χ2n) is 3.88. The molecule has 0 saturated heterocycles. The van der Waals surface area contributed by atoms with Gasteiger partial charge in [0.25, 0.3) is 0 Å². The molecule has 0 fully saturated rings. The van der Waals surface area contributed by atoms with Crippen molar-refractivity contribution < 1.29 is 0 Å². The van der Waals surface area contributed by atoms with Crippen LogP contribution in [0.3, 0.4) is 0 Å². The Labute approximate surface area is 95.1 Å². The minimum Gasteiger partial charge on any atom is -0.345 e. The zero-order valence-corrected chi connectivity index (χ0v) is 9.57. The molecule has 0 bridgehead atoms. The van der Waals surface area contributed by atoms with E-state index in [9.17, 15) is 0 Å². The van der Waals surface area contributed by atoms with Crippen molar-refractivity contribution in [3.05, 3.63) is 47.8 Å². The highest BCUT2D eigenvalue weighted by atomic mass is 15.0. The maximum atomic E-state index is 4.16. The molecular formula is C12H16N4. The van der Waals surface area contributed by atoms with Gasteiger partial charge in [-0.2, -0.15) is 0 Å². The van der Waals surface area contributed by atoms with Gasteiger partial charge in [0, 0.05) is 36.9 Å². The third-order valence-electron chi connectivity index (χ3n) is 2.54. The predicted octanol–water partition coefficient (Wildman–Crippen LogP) is 1.96. The van der Waals surface area contributed by atoms with Crippen LogP contribution in [0.2, 0.25) is 0 Å². The monoisotopic (exact) mass is 216 g/mol. The average molecular weight is 216 g/mol. The Balaban J connectivity index is 1.91. The first-order valence-electron chi connectivity index (χ1n) is 5.39. The summed E-state index contributed by atoms with van der Waals surface area (Å²) in [6, 6.07) is 4.31. The summed E-state index contributed by atoms with van der Waals surface area (Å²) in [4.78, 5) is 11.5. The molecule has 0 aromatic carbocycles. The third kappa shape index (κ3) is 2.67. The van der Waals surface area contributed by atoms with E-state index in [2.05, 4.69) is 33.3 Å². The fraction of sp³-hybridized carbons (Fsp3) is 0.333. The average Bonchev–Trinajstić information content (AvgIpc) is 2.73. The van der Waals surface area contributed by atoms with Gasteiger partial charge in [0.1, 0.15) is 5.82 Å². The number of H-pyrrole nitrogens is 1. The van der Waals surface area contributed by atoms with E-state index >= 15 is 0 Å². The van der Waals surface area contributed by atoms with Crippen molar-refractivity contribution >= 4 is 0 Å². The summed E-state index contributed by atoms with van der Waals surface area (Å²) in [5.74, 6) is 0.950. The lowest BCUT2D eigenvalue weighted by Gasteiger charge is -2.12. The molecule has 4 heteroatoms. The molecule has 2 rings (SSSR count). The van der Waals surface area contributed by atoms with Crippen molar-refractivity contribution in [2.45, 2.75) is 26.4 Å². The first-order chi connectivity index (χ1) is 7.75. The summed E-state index contributed by atoms with van der Waals surface area (Å²) in [7, 11) is 0. The number of nitrogens with one attached hydrogen (secondary N) is 2. The quantitative estimate of drug-likeness (QED) is 0.821. The van der Waals surface area contributed by atoms with Crippen LogP contribution in [0.1, 0.15) is 30.0 Å². The summed E-state index contributed by atoms with van der Waals surface area (Å²) < 4.78 is 0. The van der Waals surface area contributed by atoms with E-state index in [4.69, 9.17) is 0 Å². The van der Waals surface area contributed by atoms with Crippen LogP contribution < -0.4 is 5.32 Å². The number of hydrogen-bond acceptors (Lipinski definition) is 3. The number of aromatic amines is 1. The fourth-order valence-corrected chi connectivity index (χ4v) is 1.57. The van der Waals surface area contributed by atoms with Crippen molar-refractivity contribution in [1.29, 1.82) is 0 Å². The number of pyridine rings is 1. The molecule has 0 aliphatic rings. The Morgan fingerprint density at radius 3 is 2.94 bits per heavy atom. The number of aryl methyl sites for hydroxylation is 1. The largest absolute Gasteiger partial charge is 0.345 e. The Hall–Kier alpha value is -1.68. The number of nitrogens with zero attached hydrogens (tertiary/aromatic N) is 2. The van der Waals surface area contributed by atoms with Gasteiger partial charge in [0.2, 0.25) is 0 Å². The topological polar surface area (TPSA) is 53.6 Å². The molecule has 4 nitrogen and oxygen atoms in total. The molecule has 1 atom stereocenters. The Morgan fingerprint density at radius 1 is 1.44 bits per heavy atom. The smallest absolute Gasteiger partial charge is 0.103 e. The van der Waals surface area contributed by atoms with Gasteiger partial charge >= 0.3 is 0 Å². The molecule has 0 amide bonds. The lowest BCUT2D eigenvalue weighted by Crippen LogP contribution is -2.18. The van der Waals surface area contributed by atoms with Gasteiger partial charge in [-0.3, -0.25) is 4.98 Å². The highest BCUT2D eigenvalue weighted by Crippen LogP contribution is 2.10. The van der Waals surface area contributed by atoms with E-state index in [0.717, 1.165) is 18.1 Å². The Kier molecular flexibility index (Phi) is 3.31. The van der Waals surface area contributed by atoms with Gasteiger partial charge < -0.3 is 10.3 Å². The lowest BCUT2D eigenvalue weighted by molar-refractivity contribution is 0.567. The summed E-state index contributed by atoms with van der Waals surface area (Å²) >= 11 is 0. The van der Waals surface area contributed by atoms with Gasteiger partial charge in [-0.1, -0.05) is 6.07 Å². The molecular weight excluding hydrogens is 200 g/mol. The number of rotatable bonds is 4. The summed E-state index contributed by atoms with van der Waals surface area (Å²) in [6.45, 7) is 4.87. The molecule has 0 aliphatic carbocycles. The van der Waals surface area contributed by atoms with Crippen molar-refractivity contribution in [3.8, 4) is 0 Å².